The van der Waals surface area contributed by atoms with Crippen LogP contribution in [0.3, 0.4) is 0 Å². The third-order valence-corrected chi connectivity index (χ3v) is 5.84. The number of alkyl carbamates (subject to hydrolysis) is 1. The second-order valence-corrected chi connectivity index (χ2v) is 7.90. The van der Waals surface area contributed by atoms with Gasteiger partial charge in [-0.3, -0.25) is 9.59 Å². The summed E-state index contributed by atoms with van der Waals surface area (Å²) >= 11 is 0. The fourth-order valence-electron chi connectivity index (χ4n) is 3.83. The molecule has 0 unspecified atom stereocenters. The van der Waals surface area contributed by atoms with Crippen molar-refractivity contribution in [1.82, 2.24) is 10.6 Å². The van der Waals surface area contributed by atoms with Gasteiger partial charge >= 0.3 is 12.1 Å². The van der Waals surface area contributed by atoms with Gasteiger partial charge < -0.3 is 20.5 Å². The summed E-state index contributed by atoms with van der Waals surface area (Å²) in [6.45, 7) is 5.23. The van der Waals surface area contributed by atoms with Crippen LogP contribution in [-0.4, -0.2) is 41.8 Å². The Labute approximate surface area is 181 Å². The van der Waals surface area contributed by atoms with Crippen LogP contribution in [0.4, 0.5) is 4.79 Å². The highest BCUT2D eigenvalue weighted by molar-refractivity contribution is 5.89. The molecule has 3 N–H and O–H groups in total. The molecular formula is C24H28N2O5. The Morgan fingerprint density at radius 2 is 1.52 bits per heavy atom. The number of amides is 2. The molecule has 3 rings (SSSR count). The highest BCUT2D eigenvalue weighted by Gasteiger charge is 2.31. The van der Waals surface area contributed by atoms with Crippen LogP contribution in [0, 0.1) is 5.92 Å². The summed E-state index contributed by atoms with van der Waals surface area (Å²) in [5.41, 5.74) is 4.46. The lowest BCUT2D eigenvalue weighted by atomic mass is 9.98. The molecule has 0 saturated carbocycles. The molecule has 0 fully saturated rings. The zero-order chi connectivity index (χ0) is 22.5. The predicted molar refractivity (Wildman–Crippen MR) is 117 cm³/mol. The van der Waals surface area contributed by atoms with Gasteiger partial charge in [0.25, 0.3) is 0 Å². The van der Waals surface area contributed by atoms with E-state index in [0.29, 0.717) is 6.42 Å². The van der Waals surface area contributed by atoms with Crippen LogP contribution in [0.15, 0.2) is 48.5 Å². The lowest BCUT2D eigenvalue weighted by molar-refractivity contribution is -0.141. The second kappa shape index (κ2) is 9.64. The number of carboxylic acids is 1. The molecule has 7 nitrogen and oxygen atoms in total. The zero-order valence-electron chi connectivity index (χ0n) is 17.9. The van der Waals surface area contributed by atoms with Gasteiger partial charge in [0, 0.05) is 5.92 Å². The van der Waals surface area contributed by atoms with Gasteiger partial charge in [-0.15, -0.1) is 0 Å². The molecule has 3 atom stereocenters. The molecule has 1 aliphatic carbocycles. The number of hydrogen-bond donors (Lipinski definition) is 3. The van der Waals surface area contributed by atoms with Crippen LogP contribution >= 0.6 is 0 Å². The topological polar surface area (TPSA) is 105 Å². The Balaban J connectivity index is 1.68. The van der Waals surface area contributed by atoms with Crippen LogP contribution < -0.4 is 10.6 Å². The predicted octanol–water partition coefficient (Wildman–Crippen LogP) is 3.53. The number of fused-ring (bicyclic) bond motifs is 3. The maximum atomic E-state index is 12.5. The monoisotopic (exact) mass is 424 g/mol. The molecule has 0 aromatic heterocycles. The zero-order valence-corrected chi connectivity index (χ0v) is 17.9. The van der Waals surface area contributed by atoms with E-state index in [1.807, 2.05) is 50.2 Å². The third-order valence-electron chi connectivity index (χ3n) is 5.84. The SMILES string of the molecule is CC[C@H](C)[C@H](NC(=O)OCC1c2ccccc2-c2ccccc21)C(=O)N[C@H](C)C(=O)O. The maximum absolute atomic E-state index is 12.5. The first kappa shape index (κ1) is 22.3. The quantitative estimate of drug-likeness (QED) is 0.601. The summed E-state index contributed by atoms with van der Waals surface area (Å²) in [4.78, 5) is 36.1. The molecule has 2 aromatic carbocycles. The van der Waals surface area contributed by atoms with Crippen molar-refractivity contribution < 1.29 is 24.2 Å². The average Bonchev–Trinajstić information content (AvgIpc) is 3.09. The first-order chi connectivity index (χ1) is 14.8. The minimum absolute atomic E-state index is 0.0824. The van der Waals surface area contributed by atoms with E-state index >= 15 is 0 Å². The highest BCUT2D eigenvalue weighted by Crippen LogP contribution is 2.44. The number of ether oxygens (including phenoxy) is 1. The second-order valence-electron chi connectivity index (χ2n) is 7.90. The van der Waals surface area contributed by atoms with Crippen molar-refractivity contribution in [3.63, 3.8) is 0 Å². The number of benzene rings is 2. The van der Waals surface area contributed by atoms with Crippen molar-refractivity contribution >= 4 is 18.0 Å². The maximum Gasteiger partial charge on any atom is 0.407 e. The molecule has 0 bridgehead atoms. The van der Waals surface area contributed by atoms with Crippen LogP contribution in [-0.2, 0) is 14.3 Å². The Bertz CT molecular complexity index is 928. The van der Waals surface area contributed by atoms with Crippen molar-refractivity contribution in [3.05, 3.63) is 59.7 Å². The molecular weight excluding hydrogens is 396 g/mol. The van der Waals surface area contributed by atoms with Gasteiger partial charge in [0.1, 0.15) is 18.7 Å². The summed E-state index contributed by atoms with van der Waals surface area (Å²) in [5.74, 6) is -1.96. The lowest BCUT2D eigenvalue weighted by Gasteiger charge is -2.24. The minimum atomic E-state index is -1.14. The molecule has 0 heterocycles. The molecule has 164 valence electrons. The van der Waals surface area contributed by atoms with Crippen LogP contribution in [0.25, 0.3) is 11.1 Å². The smallest absolute Gasteiger partial charge is 0.407 e. The Morgan fingerprint density at radius 1 is 0.968 bits per heavy atom. The first-order valence-electron chi connectivity index (χ1n) is 10.5. The van der Waals surface area contributed by atoms with Crippen LogP contribution in [0.2, 0.25) is 0 Å². The van der Waals surface area contributed by atoms with E-state index in [0.717, 1.165) is 22.3 Å². The van der Waals surface area contributed by atoms with Crippen molar-refractivity contribution in [1.29, 1.82) is 0 Å². The average molecular weight is 424 g/mol. The van der Waals surface area contributed by atoms with Crippen molar-refractivity contribution in [3.8, 4) is 11.1 Å². The van der Waals surface area contributed by atoms with Crippen molar-refractivity contribution in [2.45, 2.75) is 45.2 Å². The summed E-state index contributed by atoms with van der Waals surface area (Å²) in [6.07, 6.45) is -0.0753. The molecule has 0 saturated heterocycles. The van der Waals surface area contributed by atoms with E-state index in [4.69, 9.17) is 9.84 Å². The van der Waals surface area contributed by atoms with Gasteiger partial charge in [-0.2, -0.15) is 0 Å². The van der Waals surface area contributed by atoms with Gasteiger partial charge in [0.05, 0.1) is 0 Å². The molecule has 31 heavy (non-hydrogen) atoms. The van der Waals surface area contributed by atoms with E-state index in [-0.39, 0.29) is 18.4 Å². The molecule has 0 aliphatic heterocycles. The summed E-state index contributed by atoms with van der Waals surface area (Å²) < 4.78 is 5.52. The summed E-state index contributed by atoms with van der Waals surface area (Å²) in [7, 11) is 0. The third kappa shape index (κ3) is 4.87. The number of carbonyl (C=O) groups excluding carboxylic acids is 2. The van der Waals surface area contributed by atoms with Crippen molar-refractivity contribution in [2.75, 3.05) is 6.61 Å². The summed E-state index contributed by atoms with van der Waals surface area (Å²) in [6, 6.07) is 14.1. The first-order valence-corrected chi connectivity index (χ1v) is 10.5. The van der Waals surface area contributed by atoms with E-state index < -0.39 is 30.1 Å². The van der Waals surface area contributed by atoms with E-state index in [1.165, 1.54) is 6.92 Å². The van der Waals surface area contributed by atoms with E-state index in [1.54, 1.807) is 0 Å². The molecule has 7 heteroatoms. The Morgan fingerprint density at radius 3 is 2.03 bits per heavy atom. The largest absolute Gasteiger partial charge is 0.480 e. The summed E-state index contributed by atoms with van der Waals surface area (Å²) in [5, 5.41) is 14.1. The van der Waals surface area contributed by atoms with Gasteiger partial charge in [0.15, 0.2) is 0 Å². The van der Waals surface area contributed by atoms with Gasteiger partial charge in [0.2, 0.25) is 5.91 Å². The van der Waals surface area contributed by atoms with E-state index in [2.05, 4.69) is 22.8 Å². The van der Waals surface area contributed by atoms with E-state index in [9.17, 15) is 14.4 Å². The molecule has 0 spiro atoms. The normalized spacial score (nSPS) is 15.2. The number of rotatable bonds is 8. The van der Waals surface area contributed by atoms with Gasteiger partial charge in [-0.05, 0) is 35.1 Å². The van der Waals surface area contributed by atoms with Crippen LogP contribution in [0.5, 0.6) is 0 Å². The molecule has 0 radical (unpaired) electrons. The van der Waals surface area contributed by atoms with Crippen molar-refractivity contribution in [2.24, 2.45) is 5.92 Å². The molecule has 2 aromatic rings. The number of nitrogens with one attached hydrogen (secondary N) is 2. The number of aliphatic carboxylic acids is 1. The fourth-order valence-corrected chi connectivity index (χ4v) is 3.83. The Hall–Kier alpha value is -3.35. The number of carbonyl (C=O) groups is 3. The van der Waals surface area contributed by atoms with Gasteiger partial charge in [-0.25, -0.2) is 4.79 Å². The van der Waals surface area contributed by atoms with Crippen LogP contribution in [0.1, 0.15) is 44.2 Å². The number of hydrogen-bond acceptors (Lipinski definition) is 4. The highest BCUT2D eigenvalue weighted by atomic mass is 16.5. The molecule has 1 aliphatic rings. The standard InChI is InChI=1S/C24H28N2O5/c1-4-14(2)21(22(27)25-15(3)23(28)29)26-24(30)31-13-20-18-11-7-5-9-16(18)17-10-6-8-12-19(17)20/h5-12,14-15,20-21H,4,13H2,1-3H3,(H,25,27)(H,26,30)(H,28,29)/t14-,15+,21-/m0/s1. The minimum Gasteiger partial charge on any atom is -0.480 e. The Kier molecular flexibility index (Phi) is 6.95. The van der Waals surface area contributed by atoms with Gasteiger partial charge in [-0.1, -0.05) is 68.8 Å². The molecule has 2 amide bonds. The lowest BCUT2D eigenvalue weighted by Crippen LogP contribution is -2.53. The fraction of sp³-hybridized carbons (Fsp3) is 0.375. The number of carboxylic acid groups (broad SMARTS) is 1.